The molecule has 0 atom stereocenters. The summed E-state index contributed by atoms with van der Waals surface area (Å²) in [5.74, 6) is -0.793. The number of benzene rings is 3. The zero-order chi connectivity index (χ0) is 34.4. The summed E-state index contributed by atoms with van der Waals surface area (Å²) in [6.07, 6.45) is 7.48. The predicted molar refractivity (Wildman–Crippen MR) is 191 cm³/mol. The van der Waals surface area contributed by atoms with Crippen molar-refractivity contribution in [2.24, 2.45) is 0 Å². The molecular formula is C35H39N5O6S3. The van der Waals surface area contributed by atoms with Crippen molar-refractivity contribution >= 4 is 54.0 Å². The molecule has 49 heavy (non-hydrogen) atoms. The third-order valence-corrected chi connectivity index (χ3v) is 13.4. The van der Waals surface area contributed by atoms with Gasteiger partial charge in [-0.15, -0.1) is 11.3 Å². The predicted octanol–water partition coefficient (Wildman–Crippen LogP) is 6.44. The highest BCUT2D eigenvalue weighted by atomic mass is 32.2. The molecule has 0 bridgehead atoms. The van der Waals surface area contributed by atoms with Gasteiger partial charge in [0, 0.05) is 53.9 Å². The number of anilines is 2. The van der Waals surface area contributed by atoms with E-state index in [0.717, 1.165) is 56.9 Å². The van der Waals surface area contributed by atoms with E-state index in [-0.39, 0.29) is 15.7 Å². The van der Waals surface area contributed by atoms with Gasteiger partial charge < -0.3 is 5.32 Å². The molecule has 3 aromatic carbocycles. The van der Waals surface area contributed by atoms with Crippen LogP contribution in [-0.2, 0) is 20.0 Å². The van der Waals surface area contributed by atoms with E-state index in [1.165, 1.54) is 68.5 Å². The van der Waals surface area contributed by atoms with Gasteiger partial charge in [-0.05, 0) is 86.3 Å². The summed E-state index contributed by atoms with van der Waals surface area (Å²) in [4.78, 5) is 30.9. The molecule has 2 fully saturated rings. The number of hydrogen-bond donors (Lipinski definition) is 2. The lowest BCUT2D eigenvalue weighted by Gasteiger charge is -2.20. The number of carbonyl (C=O) groups excluding carboxylic acids is 2. The quantitative estimate of drug-likeness (QED) is 0.202. The molecule has 2 aliphatic rings. The first kappa shape index (κ1) is 34.9. The van der Waals surface area contributed by atoms with Crippen molar-refractivity contribution in [2.75, 3.05) is 36.8 Å². The molecule has 0 aliphatic carbocycles. The number of aromatic nitrogens is 1. The van der Waals surface area contributed by atoms with Crippen molar-refractivity contribution < 1.29 is 26.4 Å². The summed E-state index contributed by atoms with van der Waals surface area (Å²) in [6, 6.07) is 19.0. The Morgan fingerprint density at radius 1 is 0.612 bits per heavy atom. The van der Waals surface area contributed by atoms with E-state index in [9.17, 15) is 26.4 Å². The number of nitrogens with one attached hydrogen (secondary N) is 2. The second-order valence-corrected chi connectivity index (χ2v) is 16.9. The molecule has 2 saturated heterocycles. The first-order chi connectivity index (χ1) is 23.6. The fourth-order valence-electron chi connectivity index (χ4n) is 6.01. The van der Waals surface area contributed by atoms with Crippen LogP contribution in [0.1, 0.15) is 72.1 Å². The summed E-state index contributed by atoms with van der Waals surface area (Å²) in [6.45, 7) is 2.03. The largest absolute Gasteiger partial charge is 0.322 e. The highest BCUT2D eigenvalue weighted by Crippen LogP contribution is 2.28. The molecule has 0 unspecified atom stereocenters. The van der Waals surface area contributed by atoms with E-state index in [1.54, 1.807) is 23.6 Å². The first-order valence-corrected chi connectivity index (χ1v) is 20.3. The Morgan fingerprint density at radius 3 is 1.57 bits per heavy atom. The van der Waals surface area contributed by atoms with Gasteiger partial charge >= 0.3 is 0 Å². The normalized spacial score (nSPS) is 16.7. The van der Waals surface area contributed by atoms with Crippen LogP contribution in [0.2, 0.25) is 0 Å². The summed E-state index contributed by atoms with van der Waals surface area (Å²) < 4.78 is 55.4. The highest BCUT2D eigenvalue weighted by Gasteiger charge is 2.26. The minimum atomic E-state index is -3.61. The van der Waals surface area contributed by atoms with Crippen LogP contribution in [0, 0.1) is 0 Å². The monoisotopic (exact) mass is 721 g/mol. The van der Waals surface area contributed by atoms with Crippen LogP contribution in [0.15, 0.2) is 88.0 Å². The molecule has 0 spiro atoms. The molecule has 2 aliphatic heterocycles. The fourth-order valence-corrected chi connectivity index (χ4v) is 9.76. The number of carbonyl (C=O) groups is 2. The zero-order valence-electron chi connectivity index (χ0n) is 27.0. The summed E-state index contributed by atoms with van der Waals surface area (Å²) in [5, 5.41) is 7.79. The topological polar surface area (TPSA) is 146 Å². The number of amides is 2. The van der Waals surface area contributed by atoms with Crippen molar-refractivity contribution in [3.8, 4) is 11.3 Å². The van der Waals surface area contributed by atoms with E-state index in [1.807, 2.05) is 6.07 Å². The highest BCUT2D eigenvalue weighted by molar-refractivity contribution is 7.89. The third kappa shape index (κ3) is 8.27. The Hall–Kier alpha value is -3.95. The second kappa shape index (κ2) is 15.3. The fraction of sp³-hybridized carbons (Fsp3) is 0.343. The lowest BCUT2D eigenvalue weighted by Crippen LogP contribution is -2.31. The lowest BCUT2D eigenvalue weighted by atomic mass is 10.1. The van der Waals surface area contributed by atoms with E-state index >= 15 is 0 Å². The van der Waals surface area contributed by atoms with Gasteiger partial charge in [-0.3, -0.25) is 14.9 Å². The summed E-state index contributed by atoms with van der Waals surface area (Å²) in [7, 11) is -7.22. The zero-order valence-corrected chi connectivity index (χ0v) is 29.5. The second-order valence-electron chi connectivity index (χ2n) is 12.2. The molecule has 11 nitrogen and oxygen atoms in total. The van der Waals surface area contributed by atoms with Gasteiger partial charge in [0.2, 0.25) is 20.0 Å². The number of nitrogens with zero attached hydrogens (tertiary/aromatic N) is 3. The van der Waals surface area contributed by atoms with Gasteiger partial charge in [-0.1, -0.05) is 37.8 Å². The van der Waals surface area contributed by atoms with Gasteiger partial charge in [0.15, 0.2) is 5.13 Å². The molecule has 0 radical (unpaired) electrons. The minimum Gasteiger partial charge on any atom is -0.322 e. The maximum absolute atomic E-state index is 13.1. The smallest absolute Gasteiger partial charge is 0.257 e. The van der Waals surface area contributed by atoms with Crippen LogP contribution in [-0.4, -0.2) is 68.4 Å². The van der Waals surface area contributed by atoms with Gasteiger partial charge in [0.05, 0.1) is 15.5 Å². The number of rotatable bonds is 9. The number of sulfonamides is 2. The molecule has 0 saturated carbocycles. The average Bonchev–Trinajstić information content (AvgIpc) is 3.28. The Morgan fingerprint density at radius 2 is 1.08 bits per heavy atom. The summed E-state index contributed by atoms with van der Waals surface area (Å²) in [5.41, 5.74) is 2.47. The van der Waals surface area contributed by atoms with E-state index in [0.29, 0.717) is 53.8 Å². The van der Waals surface area contributed by atoms with Crippen LogP contribution in [0.4, 0.5) is 10.8 Å². The van der Waals surface area contributed by atoms with Crippen molar-refractivity contribution in [3.05, 3.63) is 89.3 Å². The van der Waals surface area contributed by atoms with Crippen molar-refractivity contribution in [1.82, 2.24) is 13.6 Å². The molecule has 3 heterocycles. The van der Waals surface area contributed by atoms with Gasteiger partial charge in [-0.25, -0.2) is 21.8 Å². The van der Waals surface area contributed by atoms with E-state index < -0.39 is 26.0 Å². The molecule has 14 heteroatoms. The molecule has 258 valence electrons. The Balaban J connectivity index is 1.07. The SMILES string of the molecule is O=C(Nc1cccc(-c2csc(NC(=O)c3ccc(S(=O)(=O)N4CCCCCC4)cc3)n2)c1)c1ccc(S(=O)(=O)N2CCCCCC2)cc1. The van der Waals surface area contributed by atoms with Crippen LogP contribution >= 0.6 is 11.3 Å². The molecule has 2 N–H and O–H groups in total. The van der Waals surface area contributed by atoms with Crippen molar-refractivity contribution in [1.29, 1.82) is 0 Å². The molecule has 1 aromatic heterocycles. The van der Waals surface area contributed by atoms with Gasteiger partial charge in [0.25, 0.3) is 11.8 Å². The minimum absolute atomic E-state index is 0.169. The van der Waals surface area contributed by atoms with Gasteiger partial charge in [-0.2, -0.15) is 8.61 Å². The van der Waals surface area contributed by atoms with E-state index in [2.05, 4.69) is 15.6 Å². The van der Waals surface area contributed by atoms with Crippen molar-refractivity contribution in [3.63, 3.8) is 0 Å². The maximum atomic E-state index is 13.1. The average molecular weight is 722 g/mol. The van der Waals surface area contributed by atoms with Crippen molar-refractivity contribution in [2.45, 2.75) is 61.2 Å². The van der Waals surface area contributed by atoms with Crippen LogP contribution < -0.4 is 10.6 Å². The molecule has 2 amide bonds. The molecule has 4 aromatic rings. The van der Waals surface area contributed by atoms with E-state index in [4.69, 9.17) is 0 Å². The van der Waals surface area contributed by atoms with Crippen LogP contribution in [0.3, 0.4) is 0 Å². The molecular weight excluding hydrogens is 683 g/mol. The third-order valence-electron chi connectivity index (χ3n) is 8.78. The Labute approximate surface area is 291 Å². The number of thiazole rings is 1. The summed E-state index contributed by atoms with van der Waals surface area (Å²) >= 11 is 1.24. The first-order valence-electron chi connectivity index (χ1n) is 16.5. The standard InChI is InChI=1S/C35H39N5O6S3/c41-33(26-12-16-30(17-13-26)48(43,44)39-20-5-1-2-6-21-39)36-29-11-9-10-28(24-29)32-25-47-35(37-32)38-34(42)27-14-18-31(19-15-27)49(45,46)40-22-7-3-4-8-23-40/h9-19,24-25H,1-8,20-23H2,(H,36,41)(H,37,38,42). The van der Waals surface area contributed by atoms with Gasteiger partial charge in [0.1, 0.15) is 0 Å². The molecule has 6 rings (SSSR count). The van der Waals surface area contributed by atoms with Crippen LogP contribution in [0.25, 0.3) is 11.3 Å². The Kier molecular flexibility index (Phi) is 10.9. The maximum Gasteiger partial charge on any atom is 0.257 e. The Bertz CT molecular complexity index is 2000. The van der Waals surface area contributed by atoms with Crippen LogP contribution in [0.5, 0.6) is 0 Å². The lowest BCUT2D eigenvalue weighted by molar-refractivity contribution is 0.101. The number of hydrogen-bond acceptors (Lipinski definition) is 8.